The van der Waals surface area contributed by atoms with Gasteiger partial charge in [-0.25, -0.2) is 0 Å². The molecule has 0 aliphatic rings. The van der Waals surface area contributed by atoms with Gasteiger partial charge in [-0.3, -0.25) is 0 Å². The van der Waals surface area contributed by atoms with Gasteiger partial charge in [0, 0.05) is 11.9 Å². The van der Waals surface area contributed by atoms with Gasteiger partial charge >= 0.3 is 0 Å². The van der Waals surface area contributed by atoms with Crippen molar-refractivity contribution >= 4 is 17.1 Å². The molecule has 0 fully saturated rings. The van der Waals surface area contributed by atoms with Crippen LogP contribution in [0.5, 0.6) is 0 Å². The number of hydrogen-bond acceptors (Lipinski definition) is 1. The fourth-order valence-electron chi connectivity index (χ4n) is 2.18. The van der Waals surface area contributed by atoms with Crippen LogP contribution < -0.4 is 5.32 Å². The Morgan fingerprint density at radius 1 is 1.31 bits per heavy atom. The Labute approximate surface area is 101 Å². The number of pyridine rings is 1. The van der Waals surface area contributed by atoms with E-state index in [1.807, 2.05) is 25.2 Å². The molecule has 0 aromatic carbocycles. The molecule has 2 heterocycles. The second kappa shape index (κ2) is 3.79. The highest BCUT2D eigenvalue weighted by atomic mass is 35.5. The molecule has 1 N–H and O–H groups in total. The molecule has 0 bridgehead atoms. The van der Waals surface area contributed by atoms with Gasteiger partial charge < -0.3 is 9.72 Å². The molecule has 2 nitrogen and oxygen atoms in total. The van der Waals surface area contributed by atoms with Gasteiger partial charge in [0.05, 0.1) is 16.1 Å². The molecule has 0 atom stereocenters. The van der Waals surface area contributed by atoms with Crippen molar-refractivity contribution < 1.29 is 0 Å². The Hall–Kier alpha value is -0.990. The van der Waals surface area contributed by atoms with Crippen LogP contribution in [0.15, 0.2) is 24.4 Å². The third-order valence-electron chi connectivity index (χ3n) is 3.23. The predicted octanol–water partition coefficient (Wildman–Crippen LogP) is 3.36. The Morgan fingerprint density at radius 2 is 2.00 bits per heavy atom. The van der Waals surface area contributed by atoms with Gasteiger partial charge in [0.2, 0.25) is 0 Å². The number of halogens is 1. The first-order chi connectivity index (χ1) is 7.49. The molecule has 0 saturated carbocycles. The van der Waals surface area contributed by atoms with Crippen LogP contribution in [0.4, 0.5) is 0 Å². The summed E-state index contributed by atoms with van der Waals surface area (Å²) in [6.07, 6.45) is 2.06. The topological polar surface area (TPSA) is 16.4 Å². The summed E-state index contributed by atoms with van der Waals surface area (Å²) < 4.78 is 2.16. The van der Waals surface area contributed by atoms with E-state index in [-0.39, 0.29) is 5.54 Å². The molecule has 0 saturated heterocycles. The second-order valence-corrected chi connectivity index (χ2v) is 5.00. The Bertz CT molecular complexity index is 526. The molecule has 3 heteroatoms. The molecule has 86 valence electrons. The minimum Gasteiger partial charge on any atom is -0.317 e. The van der Waals surface area contributed by atoms with E-state index in [1.165, 1.54) is 5.69 Å². The predicted molar refractivity (Wildman–Crippen MR) is 69.2 cm³/mol. The monoisotopic (exact) mass is 236 g/mol. The lowest BCUT2D eigenvalue weighted by Crippen LogP contribution is -2.35. The van der Waals surface area contributed by atoms with Crippen molar-refractivity contribution in [3.8, 4) is 0 Å². The van der Waals surface area contributed by atoms with E-state index in [2.05, 4.69) is 36.7 Å². The highest BCUT2D eigenvalue weighted by molar-refractivity contribution is 6.35. The smallest absolute Gasteiger partial charge is 0.0693 e. The highest BCUT2D eigenvalue weighted by Crippen LogP contribution is 2.33. The maximum atomic E-state index is 6.36. The van der Waals surface area contributed by atoms with Crippen molar-refractivity contribution in [2.45, 2.75) is 26.3 Å². The van der Waals surface area contributed by atoms with Crippen LogP contribution in [0.25, 0.3) is 5.52 Å². The van der Waals surface area contributed by atoms with Crippen LogP contribution in [0.2, 0.25) is 5.02 Å². The zero-order valence-corrected chi connectivity index (χ0v) is 10.9. The summed E-state index contributed by atoms with van der Waals surface area (Å²) in [7, 11) is 1.97. The largest absolute Gasteiger partial charge is 0.317 e. The Kier molecular flexibility index (Phi) is 2.72. The number of fused-ring (bicyclic) bond motifs is 1. The quantitative estimate of drug-likeness (QED) is 0.846. The van der Waals surface area contributed by atoms with Crippen LogP contribution in [0.1, 0.15) is 25.1 Å². The lowest BCUT2D eigenvalue weighted by molar-refractivity contribution is 0.426. The summed E-state index contributed by atoms with van der Waals surface area (Å²) in [5.74, 6) is 0. The SMILES string of the molecule is CNC(C)(C)c1c(C)c(Cl)c2ccccn12. The van der Waals surface area contributed by atoms with E-state index < -0.39 is 0 Å². The number of nitrogens with zero attached hydrogens (tertiary/aromatic N) is 1. The van der Waals surface area contributed by atoms with Crippen molar-refractivity contribution in [3.63, 3.8) is 0 Å². The lowest BCUT2D eigenvalue weighted by atomic mass is 9.98. The Balaban J connectivity index is 2.84. The maximum Gasteiger partial charge on any atom is 0.0693 e. The van der Waals surface area contributed by atoms with Crippen molar-refractivity contribution in [1.82, 2.24) is 9.72 Å². The first-order valence-corrected chi connectivity index (χ1v) is 5.81. The molecule has 0 aliphatic carbocycles. The van der Waals surface area contributed by atoms with Gasteiger partial charge in [0.1, 0.15) is 0 Å². The molecule has 0 radical (unpaired) electrons. The van der Waals surface area contributed by atoms with Crippen LogP contribution >= 0.6 is 11.6 Å². The molecule has 0 amide bonds. The van der Waals surface area contributed by atoms with Crippen molar-refractivity contribution in [2.75, 3.05) is 7.05 Å². The third kappa shape index (κ3) is 1.53. The number of rotatable bonds is 2. The fraction of sp³-hybridized carbons (Fsp3) is 0.385. The molecule has 0 spiro atoms. The molecular weight excluding hydrogens is 220 g/mol. The average Bonchev–Trinajstić information content (AvgIpc) is 2.53. The van der Waals surface area contributed by atoms with Crippen LogP contribution in [0.3, 0.4) is 0 Å². The molecule has 16 heavy (non-hydrogen) atoms. The van der Waals surface area contributed by atoms with Gasteiger partial charge in [0.15, 0.2) is 0 Å². The van der Waals surface area contributed by atoms with Gasteiger partial charge in [-0.05, 0) is 45.5 Å². The van der Waals surface area contributed by atoms with Crippen molar-refractivity contribution in [1.29, 1.82) is 0 Å². The molecule has 2 aromatic rings. The van der Waals surface area contributed by atoms with E-state index in [1.54, 1.807) is 0 Å². The summed E-state index contributed by atoms with van der Waals surface area (Å²) in [6, 6.07) is 6.08. The van der Waals surface area contributed by atoms with Crippen molar-refractivity contribution in [3.05, 3.63) is 40.7 Å². The molecular formula is C13H17ClN2. The zero-order chi connectivity index (χ0) is 11.9. The van der Waals surface area contributed by atoms with E-state index in [0.29, 0.717) is 0 Å². The maximum absolute atomic E-state index is 6.36. The van der Waals surface area contributed by atoms with Crippen LogP contribution in [-0.2, 0) is 5.54 Å². The minimum atomic E-state index is -0.0957. The molecule has 0 aliphatic heterocycles. The van der Waals surface area contributed by atoms with Crippen LogP contribution in [0, 0.1) is 6.92 Å². The summed E-state index contributed by atoms with van der Waals surface area (Å²) in [5, 5.41) is 4.17. The minimum absolute atomic E-state index is 0.0957. The molecule has 0 unspecified atom stereocenters. The summed E-state index contributed by atoms with van der Waals surface area (Å²) in [5.41, 5.74) is 3.34. The normalized spacial score (nSPS) is 12.3. The van der Waals surface area contributed by atoms with Gasteiger partial charge in [0.25, 0.3) is 0 Å². The van der Waals surface area contributed by atoms with Gasteiger partial charge in [-0.15, -0.1) is 0 Å². The highest BCUT2D eigenvalue weighted by Gasteiger charge is 2.26. The number of hydrogen-bond donors (Lipinski definition) is 1. The van der Waals surface area contributed by atoms with E-state index in [9.17, 15) is 0 Å². The van der Waals surface area contributed by atoms with E-state index >= 15 is 0 Å². The summed E-state index contributed by atoms with van der Waals surface area (Å²) in [4.78, 5) is 0. The molecule has 2 aromatic heterocycles. The summed E-state index contributed by atoms with van der Waals surface area (Å²) in [6.45, 7) is 6.39. The lowest BCUT2D eigenvalue weighted by Gasteiger charge is -2.25. The second-order valence-electron chi connectivity index (χ2n) is 4.62. The zero-order valence-electron chi connectivity index (χ0n) is 10.1. The van der Waals surface area contributed by atoms with E-state index in [0.717, 1.165) is 16.1 Å². The van der Waals surface area contributed by atoms with E-state index in [4.69, 9.17) is 11.6 Å². The first kappa shape index (κ1) is 11.5. The Morgan fingerprint density at radius 3 is 2.62 bits per heavy atom. The molecule has 2 rings (SSSR count). The standard InChI is InChI=1S/C13H17ClN2/c1-9-11(14)10-7-5-6-8-16(10)12(9)13(2,3)15-4/h5-8,15H,1-4H3. The summed E-state index contributed by atoms with van der Waals surface area (Å²) >= 11 is 6.36. The van der Waals surface area contributed by atoms with Gasteiger partial charge in [-0.2, -0.15) is 0 Å². The van der Waals surface area contributed by atoms with Gasteiger partial charge in [-0.1, -0.05) is 17.7 Å². The third-order valence-corrected chi connectivity index (χ3v) is 3.70. The first-order valence-electron chi connectivity index (χ1n) is 5.43. The average molecular weight is 237 g/mol. The van der Waals surface area contributed by atoms with Crippen LogP contribution in [-0.4, -0.2) is 11.4 Å². The number of aromatic nitrogens is 1. The number of nitrogens with one attached hydrogen (secondary N) is 1. The van der Waals surface area contributed by atoms with Crippen molar-refractivity contribution in [2.24, 2.45) is 0 Å². The fourth-order valence-corrected chi connectivity index (χ4v) is 2.43.